The number of aromatic nitrogens is 2. The van der Waals surface area contributed by atoms with Crippen molar-refractivity contribution in [1.29, 1.82) is 0 Å². The van der Waals surface area contributed by atoms with Gasteiger partial charge in [-0.25, -0.2) is 9.37 Å². The van der Waals surface area contributed by atoms with E-state index in [0.717, 1.165) is 24.0 Å². The van der Waals surface area contributed by atoms with E-state index in [1.54, 1.807) is 28.9 Å². The Bertz CT molecular complexity index is 1100. The molecule has 0 bridgehead atoms. The molecule has 27 heavy (non-hydrogen) atoms. The minimum absolute atomic E-state index is 0.128. The average molecular weight is 364 g/mol. The van der Waals surface area contributed by atoms with Gasteiger partial charge in [0.05, 0.1) is 11.7 Å². The van der Waals surface area contributed by atoms with Crippen LogP contribution in [0.1, 0.15) is 47.9 Å². The van der Waals surface area contributed by atoms with Gasteiger partial charge in [0, 0.05) is 5.56 Å². The first-order valence-electron chi connectivity index (χ1n) is 9.04. The first-order valence-corrected chi connectivity index (χ1v) is 9.04. The van der Waals surface area contributed by atoms with Crippen LogP contribution in [0.25, 0.3) is 17.7 Å². The maximum Gasteiger partial charge on any atom is 0.315 e. The highest BCUT2D eigenvalue weighted by Gasteiger charge is 2.62. The molecule has 2 aliphatic carbocycles. The number of carboxylic acid groups (broad SMARTS) is 1. The molecule has 2 heterocycles. The highest BCUT2D eigenvalue weighted by molar-refractivity contribution is 5.85. The van der Waals surface area contributed by atoms with E-state index in [0.29, 0.717) is 29.9 Å². The molecule has 1 aromatic carbocycles. The molecule has 0 radical (unpaired) electrons. The second-order valence-electron chi connectivity index (χ2n) is 7.45. The highest BCUT2D eigenvalue weighted by Crippen LogP contribution is 2.59. The fourth-order valence-electron chi connectivity index (χ4n) is 4.26. The molecule has 2 atom stereocenters. The number of benzene rings is 1. The number of hydrogen-bond donors (Lipinski definition) is 1. The molecule has 1 saturated carbocycles. The third-order valence-corrected chi connectivity index (χ3v) is 5.83. The molecule has 1 fully saturated rings. The summed E-state index contributed by atoms with van der Waals surface area (Å²) in [5, 5.41) is 9.50. The molecule has 1 aromatic heterocycles. The van der Waals surface area contributed by atoms with Gasteiger partial charge >= 0.3 is 5.97 Å². The molecule has 0 saturated heterocycles. The van der Waals surface area contributed by atoms with Crippen LogP contribution in [0, 0.1) is 11.2 Å². The van der Waals surface area contributed by atoms with Crippen molar-refractivity contribution >= 4 is 23.7 Å². The number of nitrogens with zero attached hydrogens (tertiary/aromatic N) is 2. The smallest absolute Gasteiger partial charge is 0.315 e. The van der Waals surface area contributed by atoms with Crippen molar-refractivity contribution < 1.29 is 14.3 Å². The fourth-order valence-corrected chi connectivity index (χ4v) is 4.26. The zero-order valence-electron chi connectivity index (χ0n) is 14.5. The Balaban J connectivity index is 1.63. The Hall–Kier alpha value is -3.02. The summed E-state index contributed by atoms with van der Waals surface area (Å²) < 4.78 is 14.7. The van der Waals surface area contributed by atoms with Gasteiger partial charge in [-0.15, -0.1) is 0 Å². The maximum atomic E-state index is 13.1. The van der Waals surface area contributed by atoms with Gasteiger partial charge in [-0.05, 0) is 61.1 Å². The van der Waals surface area contributed by atoms with Crippen LogP contribution in [0.4, 0.5) is 4.39 Å². The molecule has 3 aliphatic rings. The summed E-state index contributed by atoms with van der Waals surface area (Å²) in [6.07, 6.45) is 7.98. The standard InChI is InChI=1S/C21H17FN2O3/c22-14-6-4-12(5-7-14)10-13-2-1-3-15-18(13)23-17-8-9-21(20(26)27)11-16(21)24(17)19(15)25/h4-10,16H,1-3,11H2,(H,26,27)/b13-10-. The number of hydrogen-bond acceptors (Lipinski definition) is 3. The summed E-state index contributed by atoms with van der Waals surface area (Å²) in [4.78, 5) is 29.4. The monoisotopic (exact) mass is 364 g/mol. The van der Waals surface area contributed by atoms with Crippen LogP contribution in [-0.2, 0) is 11.2 Å². The minimum atomic E-state index is -0.950. The first-order chi connectivity index (χ1) is 13.0. The molecule has 5 rings (SSSR count). The molecule has 2 aromatic rings. The van der Waals surface area contributed by atoms with Crippen molar-refractivity contribution in [2.24, 2.45) is 5.41 Å². The third kappa shape index (κ3) is 2.32. The lowest BCUT2D eigenvalue weighted by molar-refractivity contribution is -0.141. The lowest BCUT2D eigenvalue weighted by atomic mass is 9.90. The van der Waals surface area contributed by atoms with Gasteiger partial charge in [0.25, 0.3) is 5.56 Å². The summed E-state index contributed by atoms with van der Waals surface area (Å²) >= 11 is 0. The van der Waals surface area contributed by atoms with Crippen LogP contribution in [0.5, 0.6) is 0 Å². The molecular formula is C21H17FN2O3. The van der Waals surface area contributed by atoms with Crippen LogP contribution in [-0.4, -0.2) is 20.6 Å². The molecule has 2 unspecified atom stereocenters. The summed E-state index contributed by atoms with van der Waals surface area (Å²) in [6.45, 7) is 0. The van der Waals surface area contributed by atoms with E-state index in [-0.39, 0.29) is 17.4 Å². The maximum absolute atomic E-state index is 13.1. The van der Waals surface area contributed by atoms with Gasteiger partial charge in [0.2, 0.25) is 0 Å². The summed E-state index contributed by atoms with van der Waals surface area (Å²) in [5.41, 5.74) is 2.09. The summed E-state index contributed by atoms with van der Waals surface area (Å²) in [7, 11) is 0. The summed E-state index contributed by atoms with van der Waals surface area (Å²) in [6, 6.07) is 5.88. The molecule has 1 aliphatic heterocycles. The molecule has 6 heteroatoms. The van der Waals surface area contributed by atoms with Crippen molar-refractivity contribution in [2.45, 2.75) is 31.7 Å². The van der Waals surface area contributed by atoms with Gasteiger partial charge in [-0.1, -0.05) is 18.2 Å². The van der Waals surface area contributed by atoms with E-state index in [2.05, 4.69) is 0 Å². The molecule has 0 spiro atoms. The highest BCUT2D eigenvalue weighted by atomic mass is 19.1. The van der Waals surface area contributed by atoms with E-state index in [1.807, 2.05) is 6.08 Å². The zero-order valence-corrected chi connectivity index (χ0v) is 14.5. The number of rotatable bonds is 2. The third-order valence-electron chi connectivity index (χ3n) is 5.83. The lowest BCUT2D eigenvalue weighted by Gasteiger charge is -2.23. The van der Waals surface area contributed by atoms with Crippen LogP contribution in [0.2, 0.25) is 0 Å². The Morgan fingerprint density at radius 3 is 2.81 bits per heavy atom. The van der Waals surface area contributed by atoms with E-state index in [9.17, 15) is 19.1 Å². The predicted molar refractivity (Wildman–Crippen MR) is 98.5 cm³/mol. The quantitative estimate of drug-likeness (QED) is 0.887. The van der Waals surface area contributed by atoms with E-state index in [4.69, 9.17) is 4.98 Å². The van der Waals surface area contributed by atoms with Gasteiger partial charge < -0.3 is 5.11 Å². The van der Waals surface area contributed by atoms with Gasteiger partial charge in [-0.2, -0.15) is 0 Å². The van der Waals surface area contributed by atoms with Crippen molar-refractivity contribution in [3.63, 3.8) is 0 Å². The molecular weight excluding hydrogens is 347 g/mol. The van der Waals surface area contributed by atoms with Crippen LogP contribution < -0.4 is 5.56 Å². The molecule has 0 amide bonds. The normalized spacial score (nSPS) is 26.3. The largest absolute Gasteiger partial charge is 0.481 e. The first kappa shape index (κ1) is 16.2. The van der Waals surface area contributed by atoms with Gasteiger partial charge in [0.1, 0.15) is 17.1 Å². The second-order valence-corrected chi connectivity index (χ2v) is 7.45. The zero-order chi connectivity index (χ0) is 18.8. The van der Waals surface area contributed by atoms with Crippen LogP contribution in [0.15, 0.2) is 35.1 Å². The number of fused-ring (bicyclic) bond motifs is 4. The van der Waals surface area contributed by atoms with Crippen molar-refractivity contribution in [3.8, 4) is 0 Å². The minimum Gasteiger partial charge on any atom is -0.481 e. The van der Waals surface area contributed by atoms with Gasteiger partial charge in [0.15, 0.2) is 0 Å². The lowest BCUT2D eigenvalue weighted by Crippen LogP contribution is -2.33. The second kappa shape index (κ2) is 5.49. The molecule has 5 nitrogen and oxygen atoms in total. The Kier molecular flexibility index (Phi) is 3.29. The number of aliphatic carboxylic acids is 1. The van der Waals surface area contributed by atoms with Crippen molar-refractivity contribution in [1.82, 2.24) is 9.55 Å². The van der Waals surface area contributed by atoms with Gasteiger partial charge in [-0.3, -0.25) is 14.2 Å². The Labute approximate surface area is 154 Å². The molecule has 1 N–H and O–H groups in total. The van der Waals surface area contributed by atoms with Crippen molar-refractivity contribution in [2.75, 3.05) is 0 Å². The number of carboxylic acids is 1. The number of halogens is 1. The van der Waals surface area contributed by atoms with Crippen LogP contribution in [0.3, 0.4) is 0 Å². The van der Waals surface area contributed by atoms with E-state index in [1.165, 1.54) is 12.1 Å². The van der Waals surface area contributed by atoms with Crippen molar-refractivity contribution in [3.05, 3.63) is 69.2 Å². The Morgan fingerprint density at radius 1 is 1.30 bits per heavy atom. The summed E-state index contributed by atoms with van der Waals surface area (Å²) in [5.74, 6) is -0.663. The topological polar surface area (TPSA) is 72.2 Å². The van der Waals surface area contributed by atoms with E-state index < -0.39 is 11.4 Å². The fraction of sp³-hybridized carbons (Fsp3) is 0.286. The Morgan fingerprint density at radius 2 is 2.07 bits per heavy atom. The average Bonchev–Trinajstić information content (AvgIpc) is 3.41. The number of carbonyl (C=O) groups is 1. The number of allylic oxidation sites excluding steroid dienone is 1. The molecule has 136 valence electrons. The predicted octanol–water partition coefficient (Wildman–Crippen LogP) is 3.30. The van der Waals surface area contributed by atoms with Crippen LogP contribution >= 0.6 is 0 Å². The SMILES string of the molecule is O=C(O)C12C=Cc3nc4c(c(=O)n3C1C2)CCC/C4=C/c1ccc(F)cc1. The van der Waals surface area contributed by atoms with E-state index >= 15 is 0 Å².